The highest BCUT2D eigenvalue weighted by Crippen LogP contribution is 2.23. The summed E-state index contributed by atoms with van der Waals surface area (Å²) in [6, 6.07) is 6.04. The lowest BCUT2D eigenvalue weighted by atomic mass is 10.2. The number of hydrogen-bond acceptors (Lipinski definition) is 3. The maximum absolute atomic E-state index is 13.7. The molecule has 100 valence electrons. The first-order chi connectivity index (χ1) is 9.20. The van der Waals surface area contributed by atoms with Crippen molar-refractivity contribution in [3.8, 4) is 5.75 Å². The summed E-state index contributed by atoms with van der Waals surface area (Å²) in [7, 11) is 1.77. The molecule has 1 heterocycles. The lowest BCUT2D eigenvalue weighted by Crippen LogP contribution is -2.09. The monoisotopic (exact) mass is 264 g/mol. The number of benzene rings is 1. The quantitative estimate of drug-likeness (QED) is 0.901. The van der Waals surface area contributed by atoms with Gasteiger partial charge in [0.05, 0.1) is 6.20 Å². The molecule has 19 heavy (non-hydrogen) atoms. The van der Waals surface area contributed by atoms with Crippen LogP contribution in [0, 0.1) is 11.6 Å². The lowest BCUT2D eigenvalue weighted by Gasteiger charge is -2.12. The number of nitrogens with one attached hydrogen (secondary N) is 1. The minimum atomic E-state index is -0.440. The number of halogens is 2. The van der Waals surface area contributed by atoms with Crippen molar-refractivity contribution in [3.63, 3.8) is 0 Å². The fraction of sp³-hybridized carbons (Fsp3) is 0.214. The Bertz CT molecular complexity index is 561. The van der Waals surface area contributed by atoms with Crippen molar-refractivity contribution in [1.82, 2.24) is 10.3 Å². The molecule has 0 fully saturated rings. The van der Waals surface area contributed by atoms with Gasteiger partial charge in [-0.1, -0.05) is 12.1 Å². The van der Waals surface area contributed by atoms with Crippen LogP contribution in [0.15, 0.2) is 36.7 Å². The molecule has 1 N–H and O–H groups in total. The van der Waals surface area contributed by atoms with Crippen molar-refractivity contribution in [2.75, 3.05) is 7.05 Å². The maximum Gasteiger partial charge on any atom is 0.165 e. The van der Waals surface area contributed by atoms with Gasteiger partial charge in [0.25, 0.3) is 0 Å². The Morgan fingerprint density at radius 2 is 2.11 bits per heavy atom. The molecule has 1 aromatic carbocycles. The van der Waals surface area contributed by atoms with Gasteiger partial charge in [0.2, 0.25) is 0 Å². The maximum atomic E-state index is 13.7. The molecule has 2 aromatic rings. The Hall–Kier alpha value is -2.01. The first kappa shape index (κ1) is 13.4. The average Bonchev–Trinajstić information content (AvgIpc) is 2.38. The van der Waals surface area contributed by atoms with Gasteiger partial charge in [-0.25, -0.2) is 8.78 Å². The highest BCUT2D eigenvalue weighted by molar-refractivity contribution is 5.35. The predicted molar refractivity (Wildman–Crippen MR) is 67.7 cm³/mol. The first-order valence-corrected chi connectivity index (χ1v) is 5.85. The number of pyridine rings is 1. The van der Waals surface area contributed by atoms with E-state index < -0.39 is 11.6 Å². The van der Waals surface area contributed by atoms with Crippen LogP contribution in [0.4, 0.5) is 8.78 Å². The fourth-order valence-corrected chi connectivity index (χ4v) is 1.74. The Kier molecular flexibility index (Phi) is 4.41. The molecule has 0 bridgehead atoms. The molecule has 2 rings (SSSR count). The van der Waals surface area contributed by atoms with Gasteiger partial charge in [0.1, 0.15) is 12.4 Å². The third kappa shape index (κ3) is 3.48. The molecule has 0 radical (unpaired) electrons. The largest absolute Gasteiger partial charge is 0.485 e. The zero-order chi connectivity index (χ0) is 13.7. The first-order valence-electron chi connectivity index (χ1n) is 5.85. The van der Waals surface area contributed by atoms with Crippen molar-refractivity contribution in [3.05, 3.63) is 59.4 Å². The van der Waals surface area contributed by atoms with Gasteiger partial charge in [-0.3, -0.25) is 4.98 Å². The average molecular weight is 264 g/mol. The number of rotatable bonds is 5. The second kappa shape index (κ2) is 6.24. The van der Waals surface area contributed by atoms with E-state index in [2.05, 4.69) is 10.3 Å². The Labute approximate surface area is 110 Å². The van der Waals surface area contributed by atoms with Gasteiger partial charge < -0.3 is 10.1 Å². The van der Waals surface area contributed by atoms with Crippen LogP contribution in [0.5, 0.6) is 5.75 Å². The van der Waals surface area contributed by atoms with E-state index in [4.69, 9.17) is 4.74 Å². The number of hydrogen-bond donors (Lipinski definition) is 1. The van der Waals surface area contributed by atoms with Crippen molar-refractivity contribution in [2.45, 2.75) is 13.2 Å². The Morgan fingerprint density at radius 3 is 2.84 bits per heavy atom. The van der Waals surface area contributed by atoms with Crippen LogP contribution in [0.1, 0.15) is 11.1 Å². The molecule has 0 spiro atoms. The third-order valence-electron chi connectivity index (χ3n) is 2.56. The molecule has 0 amide bonds. The lowest BCUT2D eigenvalue weighted by molar-refractivity contribution is 0.285. The van der Waals surface area contributed by atoms with Gasteiger partial charge in [-0.15, -0.1) is 0 Å². The van der Waals surface area contributed by atoms with E-state index in [1.165, 1.54) is 18.3 Å². The highest BCUT2D eigenvalue weighted by atomic mass is 19.1. The van der Waals surface area contributed by atoms with Crippen LogP contribution in [-0.4, -0.2) is 12.0 Å². The molecule has 0 atom stereocenters. The summed E-state index contributed by atoms with van der Waals surface area (Å²) in [6.45, 7) is 0.566. The summed E-state index contributed by atoms with van der Waals surface area (Å²) in [6.07, 6.45) is 2.60. The molecule has 0 saturated heterocycles. The molecule has 0 aliphatic carbocycles. The molecule has 0 aliphatic rings. The molecule has 0 aliphatic heterocycles. The third-order valence-corrected chi connectivity index (χ3v) is 2.56. The van der Waals surface area contributed by atoms with Crippen LogP contribution >= 0.6 is 0 Å². The molecule has 3 nitrogen and oxygen atoms in total. The van der Waals surface area contributed by atoms with Crippen LogP contribution < -0.4 is 10.1 Å². The van der Waals surface area contributed by atoms with Gasteiger partial charge in [0.15, 0.2) is 11.6 Å². The SMILES string of the molecule is CNCc1cccc(F)c1OCc1cncc(F)c1. The van der Waals surface area contributed by atoms with Crippen LogP contribution in [0.2, 0.25) is 0 Å². The van der Waals surface area contributed by atoms with E-state index >= 15 is 0 Å². The molecule has 1 aromatic heterocycles. The van der Waals surface area contributed by atoms with Crippen LogP contribution in [0.25, 0.3) is 0 Å². The van der Waals surface area contributed by atoms with Gasteiger partial charge >= 0.3 is 0 Å². The normalized spacial score (nSPS) is 10.5. The Morgan fingerprint density at radius 1 is 1.26 bits per heavy atom. The van der Waals surface area contributed by atoms with Gasteiger partial charge in [-0.2, -0.15) is 0 Å². The van der Waals surface area contributed by atoms with Crippen molar-refractivity contribution in [1.29, 1.82) is 0 Å². The van der Waals surface area contributed by atoms with E-state index in [1.54, 1.807) is 19.2 Å². The topological polar surface area (TPSA) is 34.1 Å². The van der Waals surface area contributed by atoms with Gasteiger partial charge in [0, 0.05) is 23.9 Å². The van der Waals surface area contributed by atoms with Gasteiger partial charge in [-0.05, 0) is 19.2 Å². The molecular weight excluding hydrogens is 250 g/mol. The minimum Gasteiger partial charge on any atom is -0.485 e. The van der Waals surface area contributed by atoms with E-state index in [-0.39, 0.29) is 12.4 Å². The molecule has 5 heteroatoms. The van der Waals surface area contributed by atoms with Crippen molar-refractivity contribution < 1.29 is 13.5 Å². The predicted octanol–water partition coefficient (Wildman–Crippen LogP) is 2.66. The van der Waals surface area contributed by atoms with Crippen molar-refractivity contribution >= 4 is 0 Å². The number of nitrogens with zero attached hydrogens (tertiary/aromatic N) is 1. The Balaban J connectivity index is 2.14. The van der Waals surface area contributed by atoms with Crippen LogP contribution in [-0.2, 0) is 13.2 Å². The van der Waals surface area contributed by atoms with E-state index in [0.717, 1.165) is 6.20 Å². The summed E-state index contributed by atoms with van der Waals surface area (Å²) >= 11 is 0. The minimum absolute atomic E-state index is 0.0718. The smallest absolute Gasteiger partial charge is 0.165 e. The van der Waals surface area contributed by atoms with Crippen molar-refractivity contribution in [2.24, 2.45) is 0 Å². The summed E-state index contributed by atoms with van der Waals surface area (Å²) in [5, 5.41) is 2.94. The summed E-state index contributed by atoms with van der Waals surface area (Å²) in [5.74, 6) is -0.691. The van der Waals surface area contributed by atoms with E-state index in [9.17, 15) is 8.78 Å². The number of aromatic nitrogens is 1. The number of para-hydroxylation sites is 1. The zero-order valence-corrected chi connectivity index (χ0v) is 10.5. The molecular formula is C14H14F2N2O. The second-order valence-electron chi connectivity index (χ2n) is 4.06. The summed E-state index contributed by atoms with van der Waals surface area (Å²) in [4.78, 5) is 3.72. The zero-order valence-electron chi connectivity index (χ0n) is 10.5. The summed E-state index contributed by atoms with van der Waals surface area (Å²) < 4.78 is 32.1. The summed E-state index contributed by atoms with van der Waals surface area (Å²) in [5.41, 5.74) is 1.27. The highest BCUT2D eigenvalue weighted by Gasteiger charge is 2.09. The molecule has 0 saturated carbocycles. The molecule has 0 unspecified atom stereocenters. The van der Waals surface area contributed by atoms with Crippen LogP contribution in [0.3, 0.4) is 0 Å². The van der Waals surface area contributed by atoms with E-state index in [1.807, 2.05) is 0 Å². The standard InChI is InChI=1S/C14H14F2N2O/c1-17-7-11-3-2-4-13(16)14(11)19-9-10-5-12(15)8-18-6-10/h2-6,8,17H,7,9H2,1H3. The number of ether oxygens (including phenoxy) is 1. The van der Waals surface area contributed by atoms with E-state index in [0.29, 0.717) is 17.7 Å². The fourth-order valence-electron chi connectivity index (χ4n) is 1.74. The second-order valence-corrected chi connectivity index (χ2v) is 4.06.